The molecule has 0 bridgehead atoms. The molecular formula is C18H30O4. The summed E-state index contributed by atoms with van der Waals surface area (Å²) in [4.78, 5) is 22.9. The van der Waals surface area contributed by atoms with Crippen LogP contribution in [0.1, 0.15) is 77.0 Å². The van der Waals surface area contributed by atoms with E-state index in [1.807, 2.05) is 0 Å². The second-order valence-corrected chi connectivity index (χ2v) is 5.86. The average Bonchev–Trinajstić information content (AvgIpc) is 2.51. The molecule has 0 radical (unpaired) electrons. The molecule has 0 amide bonds. The zero-order valence-electron chi connectivity index (χ0n) is 13.7. The lowest BCUT2D eigenvalue weighted by molar-refractivity contribution is -0.144. The number of carbonyl (C=O) groups is 2. The number of carbonyl (C=O) groups excluding carboxylic acids is 2. The first-order chi connectivity index (χ1) is 10.8. The molecule has 0 spiro atoms. The minimum atomic E-state index is -0.223. The number of rotatable bonds is 0. The van der Waals surface area contributed by atoms with E-state index in [0.29, 0.717) is 13.2 Å². The Hall–Kier alpha value is -1.32. The van der Waals surface area contributed by atoms with Crippen molar-refractivity contribution in [2.24, 2.45) is 0 Å². The fourth-order valence-corrected chi connectivity index (χ4v) is 2.47. The van der Waals surface area contributed by atoms with Crippen LogP contribution in [0, 0.1) is 0 Å². The van der Waals surface area contributed by atoms with Crippen molar-refractivity contribution in [3.05, 3.63) is 12.2 Å². The third-order valence-corrected chi connectivity index (χ3v) is 3.80. The minimum absolute atomic E-state index is 0.223. The van der Waals surface area contributed by atoms with Crippen LogP contribution in [0.4, 0.5) is 0 Å². The summed E-state index contributed by atoms with van der Waals surface area (Å²) in [5.41, 5.74) is 0. The van der Waals surface area contributed by atoms with Gasteiger partial charge in [-0.15, -0.1) is 0 Å². The summed E-state index contributed by atoms with van der Waals surface area (Å²) >= 11 is 0. The zero-order valence-corrected chi connectivity index (χ0v) is 13.7. The van der Waals surface area contributed by atoms with Crippen LogP contribution in [0.5, 0.6) is 0 Å². The fourth-order valence-electron chi connectivity index (χ4n) is 2.47. The molecular weight excluding hydrogens is 280 g/mol. The Balaban J connectivity index is 2.25. The quantitative estimate of drug-likeness (QED) is 0.494. The van der Waals surface area contributed by atoms with Gasteiger partial charge in [0.25, 0.3) is 0 Å². The van der Waals surface area contributed by atoms with E-state index in [-0.39, 0.29) is 24.8 Å². The predicted octanol–water partition coefficient (Wildman–Crippen LogP) is 4.32. The molecule has 22 heavy (non-hydrogen) atoms. The Labute approximate surface area is 134 Å². The fraction of sp³-hybridized carbons (Fsp3) is 0.778. The normalized spacial score (nSPS) is 21.6. The molecule has 1 aliphatic heterocycles. The van der Waals surface area contributed by atoms with Gasteiger partial charge in [0.15, 0.2) is 0 Å². The van der Waals surface area contributed by atoms with E-state index in [2.05, 4.69) is 0 Å². The highest BCUT2D eigenvalue weighted by Gasteiger charge is 2.02. The van der Waals surface area contributed by atoms with E-state index in [4.69, 9.17) is 9.47 Å². The standard InChI is InChI=1S/C18H30O4/c19-17-13-9-10-14-18(20)22-16-12-8-6-4-2-1-3-5-7-11-15-21-17/h9-10H,1-8,11-16H2. The van der Waals surface area contributed by atoms with Gasteiger partial charge in [-0.2, -0.15) is 0 Å². The van der Waals surface area contributed by atoms with Gasteiger partial charge >= 0.3 is 11.9 Å². The van der Waals surface area contributed by atoms with Crippen molar-refractivity contribution in [1.82, 2.24) is 0 Å². The monoisotopic (exact) mass is 310 g/mol. The first-order valence-corrected chi connectivity index (χ1v) is 8.75. The number of ether oxygens (including phenoxy) is 2. The van der Waals surface area contributed by atoms with Crippen molar-refractivity contribution in [3.8, 4) is 0 Å². The molecule has 0 unspecified atom stereocenters. The third kappa shape index (κ3) is 11.4. The van der Waals surface area contributed by atoms with Gasteiger partial charge in [0.1, 0.15) is 0 Å². The van der Waals surface area contributed by atoms with Gasteiger partial charge in [-0.1, -0.05) is 63.5 Å². The van der Waals surface area contributed by atoms with E-state index in [9.17, 15) is 9.59 Å². The van der Waals surface area contributed by atoms with Crippen molar-refractivity contribution in [3.63, 3.8) is 0 Å². The summed E-state index contributed by atoms with van der Waals surface area (Å²) in [7, 11) is 0. The summed E-state index contributed by atoms with van der Waals surface area (Å²) in [6.45, 7) is 1.02. The Morgan fingerprint density at radius 2 is 0.864 bits per heavy atom. The van der Waals surface area contributed by atoms with Crippen LogP contribution in [-0.4, -0.2) is 25.2 Å². The third-order valence-electron chi connectivity index (χ3n) is 3.80. The second-order valence-electron chi connectivity index (χ2n) is 5.86. The van der Waals surface area contributed by atoms with Gasteiger partial charge in [0.05, 0.1) is 26.1 Å². The van der Waals surface area contributed by atoms with Crippen LogP contribution < -0.4 is 0 Å². The highest BCUT2D eigenvalue weighted by atomic mass is 16.5. The molecule has 0 aromatic carbocycles. The molecule has 0 atom stereocenters. The number of esters is 2. The summed E-state index contributed by atoms with van der Waals surface area (Å²) < 4.78 is 10.3. The number of cyclic esters (lactones) is 2. The van der Waals surface area contributed by atoms with Gasteiger partial charge in [-0.25, -0.2) is 0 Å². The maximum atomic E-state index is 11.5. The van der Waals surface area contributed by atoms with Gasteiger partial charge in [-0.05, 0) is 12.8 Å². The van der Waals surface area contributed by atoms with Crippen molar-refractivity contribution in [2.75, 3.05) is 13.2 Å². The van der Waals surface area contributed by atoms with Crippen LogP contribution in [0.2, 0.25) is 0 Å². The number of hydrogen-bond acceptors (Lipinski definition) is 4. The highest BCUT2D eigenvalue weighted by Crippen LogP contribution is 2.11. The Kier molecular flexibility index (Phi) is 11.4. The predicted molar refractivity (Wildman–Crippen MR) is 86.5 cm³/mol. The molecule has 1 aliphatic rings. The second kappa shape index (κ2) is 13.4. The van der Waals surface area contributed by atoms with Gasteiger partial charge in [0, 0.05) is 0 Å². The summed E-state index contributed by atoms with van der Waals surface area (Å²) in [5, 5.41) is 0. The topological polar surface area (TPSA) is 52.6 Å². The molecule has 0 N–H and O–H groups in total. The largest absolute Gasteiger partial charge is 0.465 e. The Morgan fingerprint density at radius 1 is 0.545 bits per heavy atom. The van der Waals surface area contributed by atoms with E-state index >= 15 is 0 Å². The highest BCUT2D eigenvalue weighted by molar-refractivity contribution is 5.73. The van der Waals surface area contributed by atoms with Crippen molar-refractivity contribution < 1.29 is 19.1 Å². The minimum Gasteiger partial charge on any atom is -0.465 e. The molecule has 126 valence electrons. The molecule has 0 saturated carbocycles. The SMILES string of the molecule is O=C1CC=CCC(=O)OCCCCCCCCCCCCO1. The van der Waals surface area contributed by atoms with Crippen LogP contribution in [0.15, 0.2) is 12.2 Å². The van der Waals surface area contributed by atoms with Crippen LogP contribution >= 0.6 is 0 Å². The lowest BCUT2D eigenvalue weighted by Gasteiger charge is -2.05. The Bertz CT molecular complexity index is 304. The molecule has 0 aliphatic carbocycles. The van der Waals surface area contributed by atoms with E-state index in [1.165, 1.54) is 38.5 Å². The molecule has 1 heterocycles. The summed E-state index contributed by atoms with van der Waals surface area (Å²) in [6, 6.07) is 0. The maximum Gasteiger partial charge on any atom is 0.309 e. The average molecular weight is 310 g/mol. The molecule has 4 nitrogen and oxygen atoms in total. The summed E-state index contributed by atoms with van der Waals surface area (Å²) in [6.07, 6.45) is 15.6. The van der Waals surface area contributed by atoms with Crippen LogP contribution in [-0.2, 0) is 19.1 Å². The van der Waals surface area contributed by atoms with Crippen molar-refractivity contribution in [1.29, 1.82) is 0 Å². The van der Waals surface area contributed by atoms with Gasteiger partial charge < -0.3 is 9.47 Å². The van der Waals surface area contributed by atoms with E-state index < -0.39 is 0 Å². The van der Waals surface area contributed by atoms with Gasteiger partial charge in [-0.3, -0.25) is 9.59 Å². The molecule has 0 aromatic rings. The number of hydrogen-bond donors (Lipinski definition) is 0. The first-order valence-electron chi connectivity index (χ1n) is 8.75. The molecule has 4 heteroatoms. The zero-order chi connectivity index (χ0) is 15.9. The Morgan fingerprint density at radius 3 is 1.23 bits per heavy atom. The van der Waals surface area contributed by atoms with E-state index in [0.717, 1.165) is 25.7 Å². The summed E-state index contributed by atoms with van der Waals surface area (Å²) in [5.74, 6) is -0.446. The maximum absolute atomic E-state index is 11.5. The van der Waals surface area contributed by atoms with Crippen LogP contribution in [0.3, 0.4) is 0 Å². The molecule has 1 rings (SSSR count). The first kappa shape index (κ1) is 18.7. The lowest BCUT2D eigenvalue weighted by atomic mass is 10.1. The smallest absolute Gasteiger partial charge is 0.309 e. The van der Waals surface area contributed by atoms with E-state index in [1.54, 1.807) is 12.2 Å². The van der Waals surface area contributed by atoms with Crippen LogP contribution in [0.25, 0.3) is 0 Å². The lowest BCUT2D eigenvalue weighted by Crippen LogP contribution is -2.06. The van der Waals surface area contributed by atoms with Crippen molar-refractivity contribution in [2.45, 2.75) is 77.0 Å². The van der Waals surface area contributed by atoms with Gasteiger partial charge in [0.2, 0.25) is 0 Å². The molecule has 0 aromatic heterocycles. The molecule has 0 saturated heterocycles. The molecule has 0 fully saturated rings. The van der Waals surface area contributed by atoms with Crippen molar-refractivity contribution >= 4 is 11.9 Å².